The van der Waals surface area contributed by atoms with Crippen molar-refractivity contribution in [2.45, 2.75) is 51.7 Å². The predicted molar refractivity (Wildman–Crippen MR) is 68.6 cm³/mol. The Morgan fingerprint density at radius 1 is 1.00 bits per heavy atom. The van der Waals surface area contributed by atoms with Crippen molar-refractivity contribution in [1.82, 2.24) is 0 Å². The molecule has 6 heteroatoms. The summed E-state index contributed by atoms with van der Waals surface area (Å²) in [5, 5.41) is 20.1. The number of carbonyl (C=O) groups excluding carboxylic acids is 2. The second-order valence-corrected chi connectivity index (χ2v) is 5.72. The quantitative estimate of drug-likeness (QED) is 0.574. The topological polar surface area (TPSA) is 93.1 Å². The number of carbonyl (C=O) groups is 2. The van der Waals surface area contributed by atoms with Gasteiger partial charge < -0.3 is 19.7 Å². The van der Waals surface area contributed by atoms with E-state index in [0.717, 1.165) is 0 Å². The van der Waals surface area contributed by atoms with E-state index in [2.05, 4.69) is 0 Å². The van der Waals surface area contributed by atoms with Gasteiger partial charge in [-0.25, -0.2) is 0 Å². The van der Waals surface area contributed by atoms with Gasteiger partial charge in [-0.15, -0.1) is 0 Å². The minimum atomic E-state index is -1.36. The van der Waals surface area contributed by atoms with E-state index >= 15 is 0 Å². The number of hydrogen-bond acceptors (Lipinski definition) is 6. The molecule has 0 aromatic carbocycles. The average molecular weight is 286 g/mol. The molecule has 0 bridgehead atoms. The molecule has 0 aromatic rings. The smallest absolute Gasteiger partial charge is 0.323 e. The number of ether oxygens (including phenoxy) is 2. The summed E-state index contributed by atoms with van der Waals surface area (Å²) in [6.45, 7) is 3.70. The second-order valence-electron chi connectivity index (χ2n) is 5.72. The van der Waals surface area contributed by atoms with Crippen LogP contribution < -0.4 is 0 Å². The van der Waals surface area contributed by atoms with Crippen molar-refractivity contribution in [3.63, 3.8) is 0 Å². The standard InChI is InChI=1S/C14H22O6/c1-3-19-11(17)14(12(18)20-4-2)7-13(8-14)9(15)5-6-10(13)16/h9-10,15-16H,3-8H2,1-2H3. The van der Waals surface area contributed by atoms with Crippen LogP contribution in [-0.4, -0.2) is 47.6 Å². The summed E-state index contributed by atoms with van der Waals surface area (Å²) in [5.41, 5.74) is -2.13. The van der Waals surface area contributed by atoms with Crippen LogP contribution in [0.5, 0.6) is 0 Å². The molecular formula is C14H22O6. The molecule has 2 aliphatic rings. The van der Waals surface area contributed by atoms with Crippen molar-refractivity contribution >= 4 is 11.9 Å². The highest BCUT2D eigenvalue weighted by atomic mass is 16.6. The normalized spacial score (nSPS) is 29.8. The summed E-state index contributed by atoms with van der Waals surface area (Å²) in [6.07, 6.45) is -0.199. The third-order valence-corrected chi connectivity index (χ3v) is 4.63. The summed E-state index contributed by atoms with van der Waals surface area (Å²) in [4.78, 5) is 24.3. The van der Waals surface area contributed by atoms with Crippen LogP contribution in [-0.2, 0) is 19.1 Å². The van der Waals surface area contributed by atoms with Crippen LogP contribution in [0.4, 0.5) is 0 Å². The second kappa shape index (κ2) is 5.33. The number of hydrogen-bond donors (Lipinski definition) is 2. The molecule has 0 aliphatic heterocycles. The summed E-state index contributed by atoms with van der Waals surface area (Å²) in [6, 6.07) is 0. The molecule has 20 heavy (non-hydrogen) atoms. The van der Waals surface area contributed by atoms with Gasteiger partial charge in [0.25, 0.3) is 0 Å². The maximum absolute atomic E-state index is 12.1. The van der Waals surface area contributed by atoms with E-state index in [1.807, 2.05) is 0 Å². The van der Waals surface area contributed by atoms with Crippen LogP contribution >= 0.6 is 0 Å². The van der Waals surface area contributed by atoms with Crippen molar-refractivity contribution in [2.24, 2.45) is 10.8 Å². The Hall–Kier alpha value is -1.14. The fraction of sp³-hybridized carbons (Fsp3) is 0.857. The molecular weight excluding hydrogens is 264 g/mol. The van der Waals surface area contributed by atoms with Gasteiger partial charge in [-0.05, 0) is 39.5 Å². The Morgan fingerprint density at radius 3 is 1.75 bits per heavy atom. The Balaban J connectivity index is 2.21. The molecule has 6 nitrogen and oxygen atoms in total. The lowest BCUT2D eigenvalue weighted by Gasteiger charge is -2.53. The van der Waals surface area contributed by atoms with Gasteiger partial charge in [0.1, 0.15) is 0 Å². The molecule has 0 amide bonds. The van der Waals surface area contributed by atoms with Gasteiger partial charge in [0.05, 0.1) is 25.4 Å². The van der Waals surface area contributed by atoms with Gasteiger partial charge in [0, 0.05) is 5.41 Å². The van der Waals surface area contributed by atoms with Gasteiger partial charge in [-0.2, -0.15) is 0 Å². The molecule has 2 aliphatic carbocycles. The highest BCUT2D eigenvalue weighted by Gasteiger charge is 2.70. The molecule has 0 saturated heterocycles. The minimum absolute atomic E-state index is 0.0972. The van der Waals surface area contributed by atoms with Crippen LogP contribution in [0.2, 0.25) is 0 Å². The van der Waals surface area contributed by atoms with E-state index in [9.17, 15) is 19.8 Å². The molecule has 2 unspecified atom stereocenters. The number of aliphatic hydroxyl groups excluding tert-OH is 2. The van der Waals surface area contributed by atoms with Crippen molar-refractivity contribution in [2.75, 3.05) is 13.2 Å². The fourth-order valence-electron chi connectivity index (χ4n) is 3.57. The molecule has 114 valence electrons. The maximum atomic E-state index is 12.1. The zero-order chi connectivity index (χ0) is 15.0. The SMILES string of the molecule is CCOC(=O)C1(C(=O)OCC)CC2(C1)C(O)CCC2O. The molecule has 2 N–H and O–H groups in total. The zero-order valence-corrected chi connectivity index (χ0v) is 11.9. The average Bonchev–Trinajstić information content (AvgIpc) is 2.63. The summed E-state index contributed by atoms with van der Waals surface area (Å²) in [5.74, 6) is -1.23. The van der Waals surface area contributed by atoms with Crippen LogP contribution in [0, 0.1) is 10.8 Å². The van der Waals surface area contributed by atoms with Gasteiger partial charge in [0.2, 0.25) is 0 Å². The Bertz CT molecular complexity index is 366. The highest BCUT2D eigenvalue weighted by molar-refractivity contribution is 6.01. The zero-order valence-electron chi connectivity index (χ0n) is 11.9. The number of esters is 2. The summed E-state index contributed by atoms with van der Waals surface area (Å²) < 4.78 is 9.97. The molecule has 2 saturated carbocycles. The highest BCUT2D eigenvalue weighted by Crippen LogP contribution is 2.63. The van der Waals surface area contributed by atoms with Crippen LogP contribution in [0.1, 0.15) is 39.5 Å². The van der Waals surface area contributed by atoms with E-state index in [1.165, 1.54) is 0 Å². The van der Waals surface area contributed by atoms with E-state index in [-0.39, 0.29) is 26.1 Å². The first-order valence-corrected chi connectivity index (χ1v) is 7.13. The third-order valence-electron chi connectivity index (χ3n) is 4.63. The van der Waals surface area contributed by atoms with Gasteiger partial charge in [-0.1, -0.05) is 0 Å². The number of aliphatic hydroxyl groups is 2. The third kappa shape index (κ3) is 2.02. The molecule has 0 radical (unpaired) electrons. The first-order chi connectivity index (χ1) is 9.43. The van der Waals surface area contributed by atoms with E-state index in [1.54, 1.807) is 13.8 Å². The molecule has 1 spiro atoms. The van der Waals surface area contributed by atoms with E-state index in [4.69, 9.17) is 9.47 Å². The van der Waals surface area contributed by atoms with Gasteiger partial charge >= 0.3 is 11.9 Å². The lowest BCUT2D eigenvalue weighted by atomic mass is 9.50. The largest absolute Gasteiger partial charge is 0.465 e. The van der Waals surface area contributed by atoms with Crippen LogP contribution in [0.3, 0.4) is 0 Å². The van der Waals surface area contributed by atoms with Crippen LogP contribution in [0.15, 0.2) is 0 Å². The molecule has 2 rings (SSSR count). The summed E-state index contributed by atoms with van der Waals surface area (Å²) >= 11 is 0. The Kier molecular flexibility index (Phi) is 4.07. The monoisotopic (exact) mass is 286 g/mol. The lowest BCUT2D eigenvalue weighted by molar-refractivity contribution is -0.207. The van der Waals surface area contributed by atoms with E-state index < -0.39 is 35.0 Å². The van der Waals surface area contributed by atoms with Gasteiger partial charge in [0.15, 0.2) is 5.41 Å². The minimum Gasteiger partial charge on any atom is -0.465 e. The first kappa shape index (κ1) is 15.3. The predicted octanol–water partition coefficient (Wildman–Crippen LogP) is 0.395. The van der Waals surface area contributed by atoms with Crippen molar-refractivity contribution in [3.05, 3.63) is 0 Å². The van der Waals surface area contributed by atoms with E-state index in [0.29, 0.717) is 12.8 Å². The fourth-order valence-corrected chi connectivity index (χ4v) is 3.57. The van der Waals surface area contributed by atoms with Gasteiger partial charge in [-0.3, -0.25) is 9.59 Å². The Morgan fingerprint density at radius 2 is 1.40 bits per heavy atom. The molecule has 0 heterocycles. The number of rotatable bonds is 4. The lowest BCUT2D eigenvalue weighted by Crippen LogP contribution is -2.62. The van der Waals surface area contributed by atoms with Crippen molar-refractivity contribution in [3.8, 4) is 0 Å². The van der Waals surface area contributed by atoms with Crippen molar-refractivity contribution in [1.29, 1.82) is 0 Å². The molecule has 2 fully saturated rings. The Labute approximate surface area is 118 Å². The summed E-state index contributed by atoms with van der Waals surface area (Å²) in [7, 11) is 0. The van der Waals surface area contributed by atoms with Crippen LogP contribution in [0.25, 0.3) is 0 Å². The maximum Gasteiger partial charge on any atom is 0.323 e. The first-order valence-electron chi connectivity index (χ1n) is 7.13. The van der Waals surface area contributed by atoms with Crippen molar-refractivity contribution < 1.29 is 29.3 Å². The molecule has 0 aromatic heterocycles. The molecule has 2 atom stereocenters.